The van der Waals surface area contributed by atoms with Gasteiger partial charge in [0.15, 0.2) is 0 Å². The Bertz CT molecular complexity index is 1880. The highest BCUT2D eigenvalue weighted by Crippen LogP contribution is 2.40. The second-order valence-electron chi connectivity index (χ2n) is 9.59. The number of carbonyl (C=O) groups is 1. The molecule has 8 N–H and O–H groups in total. The first-order valence-corrected chi connectivity index (χ1v) is 14.3. The van der Waals surface area contributed by atoms with Gasteiger partial charge in [-0.3, -0.25) is 10.2 Å². The first-order valence-electron chi connectivity index (χ1n) is 12.8. The van der Waals surface area contributed by atoms with Crippen LogP contribution in [0, 0.1) is 5.41 Å². The molecule has 0 radical (unpaired) electrons. The van der Waals surface area contributed by atoms with Crippen LogP contribution in [0.4, 0.5) is 5.69 Å². The van der Waals surface area contributed by atoms with Crippen molar-refractivity contribution in [3.63, 3.8) is 0 Å². The molecule has 0 atom stereocenters. The molecule has 0 bridgehead atoms. The minimum atomic E-state index is -4.32. The molecule has 11 heteroatoms. The summed E-state index contributed by atoms with van der Waals surface area (Å²) in [6.45, 7) is 0. The van der Waals surface area contributed by atoms with Crippen molar-refractivity contribution in [2.75, 3.05) is 5.73 Å². The van der Waals surface area contributed by atoms with E-state index in [-0.39, 0.29) is 39.9 Å². The van der Waals surface area contributed by atoms with Gasteiger partial charge in [0.05, 0.1) is 21.5 Å². The predicted molar refractivity (Wildman–Crippen MR) is 159 cm³/mol. The van der Waals surface area contributed by atoms with Gasteiger partial charge in [-0.15, -0.1) is 0 Å². The number of rotatable bonds is 9. The quantitative estimate of drug-likeness (QED) is 0.0868. The summed E-state index contributed by atoms with van der Waals surface area (Å²) in [4.78, 5) is 20.0. The number of anilines is 1. The standard InChI is InChI=1S/C30H28N6O4S/c31-21-10-5-9-19(14-21)23-16-22(41(39,40)36-27(37)11-4-8-18-6-2-1-3-7-18)17-24(28(23)38)30-34-25-13-12-20(29(32)33)15-26(25)35-30/h1-3,5-7,9-10,12-17,38H,4,8,11,31H2,(H3,32,33)(H,34,35)(H,36,37). The maximum absolute atomic E-state index is 13.4. The number of nitrogens with zero attached hydrogens (tertiary/aromatic N) is 1. The van der Waals surface area contributed by atoms with Gasteiger partial charge in [0.1, 0.15) is 17.4 Å². The zero-order valence-electron chi connectivity index (χ0n) is 21.9. The molecular weight excluding hydrogens is 540 g/mol. The van der Waals surface area contributed by atoms with Gasteiger partial charge in [-0.05, 0) is 66.4 Å². The van der Waals surface area contributed by atoms with Crippen LogP contribution < -0.4 is 16.2 Å². The Morgan fingerprint density at radius 1 is 0.976 bits per heavy atom. The van der Waals surface area contributed by atoms with Crippen molar-refractivity contribution >= 4 is 38.5 Å². The lowest BCUT2D eigenvalue weighted by Gasteiger charge is -2.14. The predicted octanol–water partition coefficient (Wildman–Crippen LogP) is 4.30. The lowest BCUT2D eigenvalue weighted by atomic mass is 10.0. The van der Waals surface area contributed by atoms with Crippen molar-refractivity contribution in [1.82, 2.24) is 14.7 Å². The van der Waals surface area contributed by atoms with E-state index in [1.54, 1.807) is 42.5 Å². The number of hydrogen-bond donors (Lipinski definition) is 6. The smallest absolute Gasteiger partial charge is 0.264 e. The highest BCUT2D eigenvalue weighted by molar-refractivity contribution is 7.90. The van der Waals surface area contributed by atoms with Crippen molar-refractivity contribution in [2.24, 2.45) is 5.73 Å². The first kappa shape index (κ1) is 27.4. The number of imidazole rings is 1. The average Bonchev–Trinajstić information content (AvgIpc) is 3.36. The number of phenolic OH excluding ortho intramolecular Hbond substituents is 1. The molecule has 0 saturated carbocycles. The summed E-state index contributed by atoms with van der Waals surface area (Å²) in [7, 11) is -4.32. The van der Waals surface area contributed by atoms with E-state index in [1.165, 1.54) is 12.1 Å². The molecule has 1 aromatic heterocycles. The van der Waals surface area contributed by atoms with Gasteiger partial charge < -0.3 is 21.6 Å². The van der Waals surface area contributed by atoms with Crippen LogP contribution >= 0.6 is 0 Å². The zero-order valence-corrected chi connectivity index (χ0v) is 22.7. The number of carbonyl (C=O) groups excluding carboxylic acids is 1. The summed E-state index contributed by atoms with van der Waals surface area (Å²) in [5, 5.41) is 19.0. The minimum Gasteiger partial charge on any atom is -0.507 e. The Kier molecular flexibility index (Phi) is 7.45. The van der Waals surface area contributed by atoms with Gasteiger partial charge in [0.25, 0.3) is 10.0 Å². The largest absolute Gasteiger partial charge is 0.507 e. The number of amides is 1. The summed E-state index contributed by atoms with van der Waals surface area (Å²) in [5.74, 6) is -0.798. The van der Waals surface area contributed by atoms with E-state index in [0.29, 0.717) is 40.7 Å². The van der Waals surface area contributed by atoms with Crippen LogP contribution in [-0.4, -0.2) is 35.2 Å². The Hall–Kier alpha value is -5.16. The van der Waals surface area contributed by atoms with E-state index in [2.05, 4.69) is 14.7 Å². The number of phenols is 1. The molecule has 0 fully saturated rings. The number of aromatic nitrogens is 2. The summed E-state index contributed by atoms with van der Waals surface area (Å²) in [6, 6.07) is 23.8. The van der Waals surface area contributed by atoms with Gasteiger partial charge in [-0.1, -0.05) is 42.5 Å². The molecule has 10 nitrogen and oxygen atoms in total. The number of aryl methyl sites for hydroxylation is 1. The van der Waals surface area contributed by atoms with E-state index in [9.17, 15) is 18.3 Å². The minimum absolute atomic E-state index is 0.0171. The van der Waals surface area contributed by atoms with Crippen molar-refractivity contribution in [3.05, 3.63) is 96.1 Å². The Balaban J connectivity index is 1.52. The van der Waals surface area contributed by atoms with Gasteiger partial charge in [-0.2, -0.15) is 0 Å². The Morgan fingerprint density at radius 3 is 2.46 bits per heavy atom. The Labute approximate surface area is 236 Å². The molecule has 5 aromatic rings. The van der Waals surface area contributed by atoms with Crippen molar-refractivity contribution in [3.8, 4) is 28.3 Å². The number of aromatic hydroxyl groups is 1. The van der Waals surface area contributed by atoms with Crippen molar-refractivity contribution in [1.29, 1.82) is 5.41 Å². The molecule has 0 saturated heterocycles. The third-order valence-electron chi connectivity index (χ3n) is 6.60. The number of amidine groups is 1. The molecule has 0 spiro atoms. The highest BCUT2D eigenvalue weighted by atomic mass is 32.2. The van der Waals surface area contributed by atoms with Crippen LogP contribution in [0.1, 0.15) is 24.0 Å². The maximum atomic E-state index is 13.4. The fourth-order valence-electron chi connectivity index (χ4n) is 4.53. The molecule has 4 aromatic carbocycles. The molecule has 5 rings (SSSR count). The normalized spacial score (nSPS) is 11.4. The Morgan fingerprint density at radius 2 is 1.73 bits per heavy atom. The summed E-state index contributed by atoms with van der Waals surface area (Å²) in [5.41, 5.74) is 15.3. The van der Waals surface area contributed by atoms with Gasteiger partial charge >= 0.3 is 0 Å². The number of nitrogens with two attached hydrogens (primary N) is 2. The SMILES string of the molecule is N=C(N)c1ccc2nc(-c3cc(S(=O)(=O)NC(=O)CCCc4ccccc4)cc(-c4cccc(N)c4)c3O)[nH]c2c1. The maximum Gasteiger partial charge on any atom is 0.264 e. The number of hydrogen-bond acceptors (Lipinski definition) is 7. The monoisotopic (exact) mass is 568 g/mol. The third kappa shape index (κ3) is 6.04. The van der Waals surface area contributed by atoms with Gasteiger partial charge in [0.2, 0.25) is 5.91 Å². The number of fused-ring (bicyclic) bond motifs is 1. The number of sulfonamides is 1. The van der Waals surface area contributed by atoms with E-state index >= 15 is 0 Å². The fraction of sp³-hybridized carbons (Fsp3) is 0.100. The van der Waals surface area contributed by atoms with Gasteiger partial charge in [-0.25, -0.2) is 18.1 Å². The topological polar surface area (TPSA) is 188 Å². The van der Waals surface area contributed by atoms with E-state index in [0.717, 1.165) is 5.56 Å². The fourth-order valence-corrected chi connectivity index (χ4v) is 5.60. The number of nitrogens with one attached hydrogen (secondary N) is 3. The molecule has 0 aliphatic carbocycles. The second-order valence-corrected chi connectivity index (χ2v) is 11.3. The molecule has 0 aliphatic rings. The van der Waals surface area contributed by atoms with Crippen molar-refractivity contribution < 1.29 is 18.3 Å². The molecule has 0 unspecified atom stereocenters. The molecule has 208 valence electrons. The van der Waals surface area contributed by atoms with Gasteiger partial charge in [0, 0.05) is 23.2 Å². The molecule has 41 heavy (non-hydrogen) atoms. The summed E-state index contributed by atoms with van der Waals surface area (Å²) >= 11 is 0. The lowest BCUT2D eigenvalue weighted by Crippen LogP contribution is -2.30. The van der Waals surface area contributed by atoms with Crippen molar-refractivity contribution in [2.45, 2.75) is 24.2 Å². The first-order chi connectivity index (χ1) is 19.6. The molecule has 1 amide bonds. The average molecular weight is 569 g/mol. The van der Waals surface area contributed by atoms with E-state index in [4.69, 9.17) is 16.9 Å². The number of benzene rings is 4. The van der Waals surface area contributed by atoms with Crippen LogP contribution in [0.25, 0.3) is 33.5 Å². The number of H-pyrrole nitrogens is 1. The lowest BCUT2D eigenvalue weighted by molar-refractivity contribution is -0.119. The molecule has 0 aliphatic heterocycles. The third-order valence-corrected chi connectivity index (χ3v) is 7.95. The number of nitrogen functional groups attached to an aromatic ring is 2. The molecule has 1 heterocycles. The summed E-state index contributed by atoms with van der Waals surface area (Å²) < 4.78 is 29.0. The zero-order chi connectivity index (χ0) is 29.1. The number of aromatic amines is 1. The van der Waals surface area contributed by atoms with E-state index < -0.39 is 15.9 Å². The summed E-state index contributed by atoms with van der Waals surface area (Å²) in [6.07, 6.45) is 1.12. The van der Waals surface area contributed by atoms with Crippen LogP contribution in [-0.2, 0) is 21.2 Å². The van der Waals surface area contributed by atoms with Crippen LogP contribution in [0.15, 0.2) is 89.8 Å². The van der Waals surface area contributed by atoms with E-state index in [1.807, 2.05) is 30.3 Å². The van der Waals surface area contributed by atoms with Crippen LogP contribution in [0.2, 0.25) is 0 Å². The van der Waals surface area contributed by atoms with Crippen LogP contribution in [0.3, 0.4) is 0 Å². The second kappa shape index (κ2) is 11.1. The molecular formula is C30H28N6O4S. The van der Waals surface area contributed by atoms with Crippen LogP contribution in [0.5, 0.6) is 5.75 Å². The highest BCUT2D eigenvalue weighted by Gasteiger charge is 2.24.